The highest BCUT2D eigenvalue weighted by atomic mass is 16.2. The fraction of sp³-hybridized carbons (Fsp3) is 0.0833. The van der Waals surface area contributed by atoms with E-state index >= 15 is 0 Å². The number of aromatic nitrogens is 2. The average Bonchev–Trinajstić information content (AvgIpc) is 2.29. The molecular formula is C12H10N2O3. The van der Waals surface area contributed by atoms with E-state index in [2.05, 4.69) is 4.98 Å². The number of benzene rings is 1. The summed E-state index contributed by atoms with van der Waals surface area (Å²) < 4.78 is 1.27. The SMILES string of the molecule is CC(=O)c1cccc(-n2ccc(=O)[nH]c2=O)c1. The largest absolute Gasteiger partial charge is 0.332 e. The minimum atomic E-state index is -0.529. The quantitative estimate of drug-likeness (QED) is 0.773. The normalized spacial score (nSPS) is 10.2. The van der Waals surface area contributed by atoms with Gasteiger partial charge < -0.3 is 0 Å². The molecule has 0 saturated heterocycles. The van der Waals surface area contributed by atoms with Gasteiger partial charge in [-0.25, -0.2) is 4.79 Å². The van der Waals surface area contributed by atoms with Gasteiger partial charge in [-0.05, 0) is 19.1 Å². The van der Waals surface area contributed by atoms with Crippen LogP contribution in [0.25, 0.3) is 5.69 Å². The molecule has 0 radical (unpaired) electrons. The molecule has 5 nitrogen and oxygen atoms in total. The van der Waals surface area contributed by atoms with Gasteiger partial charge in [0.05, 0.1) is 5.69 Å². The zero-order valence-electron chi connectivity index (χ0n) is 9.14. The third kappa shape index (κ3) is 2.23. The third-order valence-electron chi connectivity index (χ3n) is 2.35. The summed E-state index contributed by atoms with van der Waals surface area (Å²) >= 11 is 0. The fourth-order valence-electron chi connectivity index (χ4n) is 1.50. The first-order valence-corrected chi connectivity index (χ1v) is 5.01. The number of hydrogen-bond donors (Lipinski definition) is 1. The van der Waals surface area contributed by atoms with Crippen LogP contribution in [0.15, 0.2) is 46.1 Å². The van der Waals surface area contributed by atoms with Gasteiger partial charge in [0.15, 0.2) is 5.78 Å². The van der Waals surface area contributed by atoms with Gasteiger partial charge in [-0.2, -0.15) is 0 Å². The highest BCUT2D eigenvalue weighted by Crippen LogP contribution is 2.08. The Morgan fingerprint density at radius 1 is 1.24 bits per heavy atom. The molecule has 0 aliphatic carbocycles. The fourth-order valence-corrected chi connectivity index (χ4v) is 1.50. The molecule has 0 amide bonds. The van der Waals surface area contributed by atoms with Crippen molar-refractivity contribution in [3.8, 4) is 5.69 Å². The molecule has 0 bridgehead atoms. The number of H-pyrrole nitrogens is 1. The molecule has 1 heterocycles. The molecule has 2 aromatic rings. The predicted molar refractivity (Wildman–Crippen MR) is 62.7 cm³/mol. The van der Waals surface area contributed by atoms with E-state index in [0.717, 1.165) is 0 Å². The standard InChI is InChI=1S/C12H10N2O3/c1-8(15)9-3-2-4-10(7-9)14-6-5-11(16)13-12(14)17/h2-7H,1H3,(H,13,16,17). The van der Waals surface area contributed by atoms with Crippen LogP contribution in [0, 0.1) is 0 Å². The number of Topliss-reactive ketones (excluding diaryl/α,β-unsaturated/α-hetero) is 1. The molecule has 0 aliphatic heterocycles. The van der Waals surface area contributed by atoms with Crippen molar-refractivity contribution in [3.05, 3.63) is 62.9 Å². The lowest BCUT2D eigenvalue weighted by Gasteiger charge is -2.05. The van der Waals surface area contributed by atoms with Crippen LogP contribution in [-0.4, -0.2) is 15.3 Å². The molecule has 1 aromatic heterocycles. The Hall–Kier alpha value is -2.43. The average molecular weight is 230 g/mol. The number of aromatic amines is 1. The van der Waals surface area contributed by atoms with E-state index in [-0.39, 0.29) is 5.78 Å². The smallest absolute Gasteiger partial charge is 0.295 e. The molecule has 17 heavy (non-hydrogen) atoms. The van der Waals surface area contributed by atoms with Crippen LogP contribution in [0.1, 0.15) is 17.3 Å². The molecule has 5 heteroatoms. The monoisotopic (exact) mass is 230 g/mol. The molecule has 0 fully saturated rings. The first-order valence-electron chi connectivity index (χ1n) is 5.01. The maximum Gasteiger partial charge on any atom is 0.332 e. The molecule has 0 aliphatic rings. The first-order chi connectivity index (χ1) is 8.08. The van der Waals surface area contributed by atoms with E-state index in [0.29, 0.717) is 11.3 Å². The minimum absolute atomic E-state index is 0.0793. The molecule has 0 saturated carbocycles. The van der Waals surface area contributed by atoms with Gasteiger partial charge in [-0.1, -0.05) is 12.1 Å². The van der Waals surface area contributed by atoms with Crippen molar-refractivity contribution in [1.29, 1.82) is 0 Å². The lowest BCUT2D eigenvalue weighted by atomic mass is 10.1. The Balaban J connectivity index is 2.61. The molecule has 86 valence electrons. The number of carbonyl (C=O) groups is 1. The maximum absolute atomic E-state index is 11.5. The minimum Gasteiger partial charge on any atom is -0.295 e. The zero-order valence-corrected chi connectivity index (χ0v) is 9.14. The van der Waals surface area contributed by atoms with Gasteiger partial charge in [0.1, 0.15) is 0 Å². The summed E-state index contributed by atoms with van der Waals surface area (Å²) in [7, 11) is 0. The van der Waals surface area contributed by atoms with Gasteiger partial charge >= 0.3 is 5.69 Å². The lowest BCUT2D eigenvalue weighted by Crippen LogP contribution is -2.27. The summed E-state index contributed by atoms with van der Waals surface area (Å²) in [5, 5.41) is 0. The van der Waals surface area contributed by atoms with Gasteiger partial charge in [0.25, 0.3) is 5.56 Å². The van der Waals surface area contributed by atoms with Crippen molar-refractivity contribution in [2.75, 3.05) is 0 Å². The highest BCUT2D eigenvalue weighted by Gasteiger charge is 2.03. The van der Waals surface area contributed by atoms with Crippen LogP contribution in [0.5, 0.6) is 0 Å². The highest BCUT2D eigenvalue weighted by molar-refractivity contribution is 5.94. The Kier molecular flexibility index (Phi) is 2.74. The number of nitrogens with zero attached hydrogens (tertiary/aromatic N) is 1. The van der Waals surface area contributed by atoms with Crippen LogP contribution in [-0.2, 0) is 0 Å². The van der Waals surface area contributed by atoms with Crippen molar-refractivity contribution < 1.29 is 4.79 Å². The Labute approximate surface area is 96.4 Å². The zero-order chi connectivity index (χ0) is 12.4. The van der Waals surface area contributed by atoms with Crippen LogP contribution in [0.4, 0.5) is 0 Å². The van der Waals surface area contributed by atoms with Crippen LogP contribution >= 0.6 is 0 Å². The van der Waals surface area contributed by atoms with E-state index in [4.69, 9.17) is 0 Å². The van der Waals surface area contributed by atoms with Crippen molar-refractivity contribution >= 4 is 5.78 Å². The van der Waals surface area contributed by atoms with Crippen LogP contribution in [0.3, 0.4) is 0 Å². The summed E-state index contributed by atoms with van der Waals surface area (Å²) in [6.45, 7) is 1.45. The van der Waals surface area contributed by atoms with Gasteiger partial charge in [0.2, 0.25) is 0 Å². The molecule has 0 unspecified atom stereocenters. The summed E-state index contributed by atoms with van der Waals surface area (Å²) in [6.07, 6.45) is 1.38. The van der Waals surface area contributed by atoms with Gasteiger partial charge in [-0.15, -0.1) is 0 Å². The first kappa shape index (κ1) is 11.1. The van der Waals surface area contributed by atoms with Crippen molar-refractivity contribution in [2.24, 2.45) is 0 Å². The molecular weight excluding hydrogens is 220 g/mol. The topological polar surface area (TPSA) is 71.9 Å². The van der Waals surface area contributed by atoms with Crippen LogP contribution < -0.4 is 11.2 Å². The number of carbonyl (C=O) groups excluding carboxylic acids is 1. The molecule has 2 rings (SSSR count). The molecule has 0 atom stereocenters. The van der Waals surface area contributed by atoms with Crippen LogP contribution in [0.2, 0.25) is 0 Å². The van der Waals surface area contributed by atoms with Crippen molar-refractivity contribution in [1.82, 2.24) is 9.55 Å². The summed E-state index contributed by atoms with van der Waals surface area (Å²) in [5.41, 5.74) is 0.0757. The van der Waals surface area contributed by atoms with E-state index in [9.17, 15) is 14.4 Å². The lowest BCUT2D eigenvalue weighted by molar-refractivity contribution is 0.101. The van der Waals surface area contributed by atoms with E-state index < -0.39 is 11.2 Å². The Morgan fingerprint density at radius 2 is 2.00 bits per heavy atom. The number of hydrogen-bond acceptors (Lipinski definition) is 3. The second-order valence-electron chi connectivity index (χ2n) is 3.59. The third-order valence-corrected chi connectivity index (χ3v) is 2.35. The molecule has 1 aromatic carbocycles. The molecule has 1 N–H and O–H groups in total. The second kappa shape index (κ2) is 4.21. The van der Waals surface area contributed by atoms with Gasteiger partial charge in [0, 0.05) is 17.8 Å². The van der Waals surface area contributed by atoms with Crippen molar-refractivity contribution in [2.45, 2.75) is 6.92 Å². The maximum atomic E-state index is 11.5. The summed E-state index contributed by atoms with van der Waals surface area (Å²) in [5.74, 6) is -0.0793. The molecule has 0 spiro atoms. The van der Waals surface area contributed by atoms with Crippen molar-refractivity contribution in [3.63, 3.8) is 0 Å². The Morgan fingerprint density at radius 3 is 2.65 bits per heavy atom. The van der Waals surface area contributed by atoms with E-state index in [1.165, 1.54) is 23.8 Å². The van der Waals surface area contributed by atoms with E-state index in [1.54, 1.807) is 24.3 Å². The number of ketones is 1. The number of rotatable bonds is 2. The second-order valence-corrected chi connectivity index (χ2v) is 3.59. The van der Waals surface area contributed by atoms with E-state index in [1.807, 2.05) is 0 Å². The van der Waals surface area contributed by atoms with Gasteiger partial charge in [-0.3, -0.25) is 19.1 Å². The number of nitrogens with one attached hydrogen (secondary N) is 1. The summed E-state index contributed by atoms with van der Waals surface area (Å²) in [6, 6.07) is 7.89. The summed E-state index contributed by atoms with van der Waals surface area (Å²) in [4.78, 5) is 35.8. The predicted octanol–water partition coefficient (Wildman–Crippen LogP) is 0.728. The Bertz CT molecular complexity index is 682.